The zero-order valence-electron chi connectivity index (χ0n) is 15.5. The van der Waals surface area contributed by atoms with Gasteiger partial charge in [-0.25, -0.2) is 4.39 Å². The third kappa shape index (κ3) is 3.54. The van der Waals surface area contributed by atoms with Crippen LogP contribution >= 0.6 is 34.7 Å². The minimum Gasteiger partial charge on any atom is -0.366 e. The van der Waals surface area contributed by atoms with Crippen molar-refractivity contribution in [1.29, 1.82) is 0 Å². The zero-order valence-corrected chi connectivity index (χ0v) is 17.9. The van der Waals surface area contributed by atoms with E-state index in [4.69, 9.17) is 11.6 Å². The molecule has 1 saturated heterocycles. The van der Waals surface area contributed by atoms with Gasteiger partial charge < -0.3 is 9.80 Å². The second kappa shape index (κ2) is 7.67. The average Bonchev–Trinajstić information content (AvgIpc) is 3.18. The highest BCUT2D eigenvalue weighted by molar-refractivity contribution is 7.98. The van der Waals surface area contributed by atoms with Crippen molar-refractivity contribution in [3.63, 3.8) is 0 Å². The lowest BCUT2D eigenvalue weighted by atomic mass is 10.1. The van der Waals surface area contributed by atoms with E-state index in [0.717, 1.165) is 21.2 Å². The first-order valence-corrected chi connectivity index (χ1v) is 11.6. The molecular formula is C22H18ClFN2OS2. The van der Waals surface area contributed by atoms with E-state index in [0.29, 0.717) is 31.9 Å². The van der Waals surface area contributed by atoms with Gasteiger partial charge in [0.15, 0.2) is 0 Å². The molecule has 3 aromatic rings. The minimum atomic E-state index is -0.213. The first-order valence-electron chi connectivity index (χ1n) is 9.44. The van der Waals surface area contributed by atoms with E-state index >= 15 is 0 Å². The third-order valence-electron chi connectivity index (χ3n) is 5.35. The number of hydrogen-bond acceptors (Lipinski definition) is 4. The van der Waals surface area contributed by atoms with E-state index in [1.165, 1.54) is 21.4 Å². The molecule has 0 aliphatic carbocycles. The number of piperazine rings is 1. The summed E-state index contributed by atoms with van der Waals surface area (Å²) in [6.07, 6.45) is 0. The Balaban J connectivity index is 1.33. The summed E-state index contributed by atoms with van der Waals surface area (Å²) in [5.41, 5.74) is 2.98. The van der Waals surface area contributed by atoms with E-state index in [9.17, 15) is 9.18 Å². The summed E-state index contributed by atoms with van der Waals surface area (Å²) in [6.45, 7) is 2.46. The lowest BCUT2D eigenvalue weighted by Crippen LogP contribution is -2.48. The van der Waals surface area contributed by atoms with Gasteiger partial charge in [-0.15, -0.1) is 23.1 Å². The molecule has 2 aliphatic heterocycles. The molecule has 0 unspecified atom stereocenters. The molecule has 3 nitrogen and oxygen atoms in total. The summed E-state index contributed by atoms with van der Waals surface area (Å²) in [5.74, 6) is 0.709. The van der Waals surface area contributed by atoms with Crippen molar-refractivity contribution < 1.29 is 9.18 Å². The summed E-state index contributed by atoms with van der Waals surface area (Å²) >= 11 is 9.45. The van der Waals surface area contributed by atoms with Crippen molar-refractivity contribution in [2.75, 3.05) is 31.1 Å². The van der Waals surface area contributed by atoms with Crippen LogP contribution in [0.25, 0.3) is 10.4 Å². The van der Waals surface area contributed by atoms with Gasteiger partial charge >= 0.3 is 0 Å². The van der Waals surface area contributed by atoms with Gasteiger partial charge in [0.1, 0.15) is 5.82 Å². The topological polar surface area (TPSA) is 23.6 Å². The van der Waals surface area contributed by atoms with Crippen LogP contribution in [0.1, 0.15) is 15.2 Å². The maximum absolute atomic E-state index is 14.0. The smallest absolute Gasteiger partial charge is 0.264 e. The molecule has 1 aromatic heterocycles. The van der Waals surface area contributed by atoms with E-state index < -0.39 is 0 Å². The van der Waals surface area contributed by atoms with Crippen molar-refractivity contribution in [2.45, 2.75) is 10.6 Å². The number of thioether (sulfide) groups is 1. The Morgan fingerprint density at radius 3 is 2.62 bits per heavy atom. The molecule has 0 N–H and O–H groups in total. The van der Waals surface area contributed by atoms with Gasteiger partial charge in [-0.2, -0.15) is 0 Å². The number of nitrogens with zero attached hydrogens (tertiary/aromatic N) is 2. The van der Waals surface area contributed by atoms with Crippen molar-refractivity contribution >= 4 is 46.3 Å². The first kappa shape index (κ1) is 19.0. The molecule has 0 radical (unpaired) electrons. The van der Waals surface area contributed by atoms with Crippen molar-refractivity contribution in [2.24, 2.45) is 0 Å². The van der Waals surface area contributed by atoms with E-state index in [1.54, 1.807) is 35.2 Å². The van der Waals surface area contributed by atoms with Crippen LogP contribution in [0.15, 0.2) is 53.4 Å². The molecule has 2 aromatic carbocycles. The molecule has 0 spiro atoms. The molecule has 148 valence electrons. The van der Waals surface area contributed by atoms with Crippen molar-refractivity contribution in [3.05, 3.63) is 69.8 Å². The summed E-state index contributed by atoms with van der Waals surface area (Å²) in [5, 5.41) is 0.736. The number of carbonyl (C=O) groups is 1. The molecule has 0 bridgehead atoms. The van der Waals surface area contributed by atoms with E-state index in [-0.39, 0.29) is 11.7 Å². The van der Waals surface area contributed by atoms with Gasteiger partial charge in [-0.05, 0) is 35.9 Å². The second-order valence-electron chi connectivity index (χ2n) is 7.12. The van der Waals surface area contributed by atoms with Crippen LogP contribution in [0.4, 0.5) is 10.1 Å². The number of fused-ring (bicyclic) bond motifs is 3. The molecule has 2 aliphatic rings. The number of amides is 1. The minimum absolute atomic E-state index is 0.0677. The Morgan fingerprint density at radius 2 is 1.83 bits per heavy atom. The predicted octanol–water partition coefficient (Wildman–Crippen LogP) is 5.78. The number of carbonyl (C=O) groups excluding carboxylic acids is 1. The van der Waals surface area contributed by atoms with Crippen LogP contribution in [-0.4, -0.2) is 37.0 Å². The number of hydrogen-bond donors (Lipinski definition) is 0. The van der Waals surface area contributed by atoms with E-state index in [2.05, 4.69) is 0 Å². The lowest BCUT2D eigenvalue weighted by Gasteiger charge is -2.36. The number of anilines is 1. The summed E-state index contributed by atoms with van der Waals surface area (Å²) in [6, 6.07) is 14.8. The molecule has 0 atom stereocenters. The van der Waals surface area contributed by atoms with E-state index in [1.807, 2.05) is 40.1 Å². The number of para-hydroxylation sites is 1. The molecule has 1 amide bonds. The Morgan fingerprint density at radius 1 is 1.03 bits per heavy atom. The summed E-state index contributed by atoms with van der Waals surface area (Å²) < 4.78 is 14.0. The number of benzene rings is 2. The maximum atomic E-state index is 14.0. The molecule has 5 rings (SSSR count). The van der Waals surface area contributed by atoms with Gasteiger partial charge in [0.25, 0.3) is 5.91 Å². The lowest BCUT2D eigenvalue weighted by molar-refractivity contribution is 0.0751. The predicted molar refractivity (Wildman–Crippen MR) is 119 cm³/mol. The molecule has 3 heterocycles. The average molecular weight is 445 g/mol. The van der Waals surface area contributed by atoms with Crippen LogP contribution in [0.3, 0.4) is 0 Å². The molecular weight excluding hydrogens is 427 g/mol. The number of rotatable bonds is 2. The largest absolute Gasteiger partial charge is 0.366 e. The molecule has 0 saturated carbocycles. The highest BCUT2D eigenvalue weighted by atomic mass is 35.5. The highest BCUT2D eigenvalue weighted by Crippen LogP contribution is 2.46. The number of thiophene rings is 1. The zero-order chi connectivity index (χ0) is 20.0. The Labute approximate surface area is 182 Å². The van der Waals surface area contributed by atoms with Gasteiger partial charge in [-0.1, -0.05) is 29.8 Å². The fourth-order valence-corrected chi connectivity index (χ4v) is 6.50. The standard InChI is InChI=1S/C22H18ClFN2OS2/c23-15-5-6-16-19(12-15)28-13-14-11-20(29-21(14)16)22(27)26-9-7-25(8-10-26)18-4-2-1-3-17(18)24/h1-6,11-12H,7-10,13H2. The number of halogens is 2. The Kier molecular flexibility index (Phi) is 5.02. The van der Waals surface area contributed by atoms with Gasteiger partial charge in [0.05, 0.1) is 10.6 Å². The monoisotopic (exact) mass is 444 g/mol. The van der Waals surface area contributed by atoms with Gasteiger partial charge in [0.2, 0.25) is 0 Å². The maximum Gasteiger partial charge on any atom is 0.264 e. The third-order valence-corrected chi connectivity index (χ3v) is 7.89. The first-order chi connectivity index (χ1) is 14.1. The van der Waals surface area contributed by atoms with Crippen LogP contribution in [0.5, 0.6) is 0 Å². The fraction of sp³-hybridized carbons (Fsp3) is 0.227. The van der Waals surface area contributed by atoms with Crippen LogP contribution < -0.4 is 4.90 Å². The normalized spacial score (nSPS) is 15.8. The summed E-state index contributed by atoms with van der Waals surface area (Å²) in [7, 11) is 0. The molecule has 29 heavy (non-hydrogen) atoms. The summed E-state index contributed by atoms with van der Waals surface area (Å²) in [4.78, 5) is 20.1. The van der Waals surface area contributed by atoms with Crippen LogP contribution in [0.2, 0.25) is 5.02 Å². The Hall–Kier alpha value is -2.02. The van der Waals surface area contributed by atoms with Crippen LogP contribution in [-0.2, 0) is 5.75 Å². The Bertz CT molecular complexity index is 1090. The SMILES string of the molecule is O=C(c1cc2c(s1)-c1ccc(Cl)cc1SC2)N1CCN(c2ccccc2F)CC1. The van der Waals surface area contributed by atoms with Crippen LogP contribution in [0, 0.1) is 5.82 Å². The van der Waals surface area contributed by atoms with Gasteiger partial charge in [-0.3, -0.25) is 4.79 Å². The van der Waals surface area contributed by atoms with Gasteiger partial charge in [0, 0.05) is 52.3 Å². The van der Waals surface area contributed by atoms with Crippen molar-refractivity contribution in [1.82, 2.24) is 4.90 Å². The highest BCUT2D eigenvalue weighted by Gasteiger charge is 2.27. The molecule has 1 fully saturated rings. The second-order valence-corrected chi connectivity index (χ2v) is 9.63. The fourth-order valence-electron chi connectivity index (χ4n) is 3.84. The van der Waals surface area contributed by atoms with Crippen molar-refractivity contribution in [3.8, 4) is 10.4 Å². The molecule has 7 heteroatoms. The quantitative estimate of drug-likeness (QED) is 0.501.